The third-order valence-corrected chi connectivity index (χ3v) is 3.90. The van der Waals surface area contributed by atoms with E-state index in [1.165, 1.54) is 0 Å². The van der Waals surface area contributed by atoms with Crippen LogP contribution in [0.15, 0.2) is 40.6 Å². The fourth-order valence-electron chi connectivity index (χ4n) is 2.80. The molecule has 0 unspecified atom stereocenters. The summed E-state index contributed by atoms with van der Waals surface area (Å²) in [4.78, 5) is 11.5. The molecule has 0 amide bonds. The highest BCUT2D eigenvalue weighted by Gasteiger charge is 2.28. The molecule has 0 atom stereocenters. The largest absolute Gasteiger partial charge is 0.476 e. The summed E-state index contributed by atoms with van der Waals surface area (Å²) in [5.41, 5.74) is 1.76. The Morgan fingerprint density at radius 1 is 1.26 bits per heavy atom. The number of carboxylic acids is 1. The highest BCUT2D eigenvalue weighted by molar-refractivity contribution is 5.91. The van der Waals surface area contributed by atoms with Gasteiger partial charge in [0, 0.05) is 26.2 Å². The minimum absolute atomic E-state index is 0.0614. The third-order valence-electron chi connectivity index (χ3n) is 3.90. The average molecular weight is 314 g/mol. The van der Waals surface area contributed by atoms with E-state index in [1.807, 2.05) is 30.3 Å². The summed E-state index contributed by atoms with van der Waals surface area (Å²) in [5.74, 6) is -0.917. The number of azo groups is 1. The Balaban J connectivity index is 2.01. The first-order chi connectivity index (χ1) is 11.2. The van der Waals surface area contributed by atoms with Crippen LogP contribution in [0, 0.1) is 0 Å². The highest BCUT2D eigenvalue weighted by Crippen LogP contribution is 2.36. The number of ether oxygens (including phenoxy) is 1. The van der Waals surface area contributed by atoms with Crippen molar-refractivity contribution in [2.75, 3.05) is 13.2 Å². The van der Waals surface area contributed by atoms with E-state index in [1.54, 1.807) is 11.7 Å². The zero-order valence-corrected chi connectivity index (χ0v) is 12.8. The molecule has 0 spiro atoms. The van der Waals surface area contributed by atoms with Gasteiger partial charge < -0.3 is 9.84 Å². The Morgan fingerprint density at radius 3 is 2.61 bits per heavy atom. The monoisotopic (exact) mass is 314 g/mol. The van der Waals surface area contributed by atoms with Gasteiger partial charge in [-0.05, 0) is 25.0 Å². The van der Waals surface area contributed by atoms with Gasteiger partial charge in [0.1, 0.15) is 5.69 Å². The molecule has 1 N–H and O–H groups in total. The molecular formula is C16H18N4O3. The summed E-state index contributed by atoms with van der Waals surface area (Å²) < 4.78 is 6.99. The summed E-state index contributed by atoms with van der Waals surface area (Å²) in [7, 11) is 1.75. The summed E-state index contributed by atoms with van der Waals surface area (Å²) in [6.45, 7) is 1.32. The molecule has 1 saturated heterocycles. The molecule has 1 aliphatic rings. The molecule has 7 nitrogen and oxygen atoms in total. The van der Waals surface area contributed by atoms with Crippen molar-refractivity contribution in [1.29, 1.82) is 0 Å². The number of rotatable bonds is 4. The third kappa shape index (κ3) is 3.29. The molecule has 2 heterocycles. The number of aromatic nitrogens is 2. The van der Waals surface area contributed by atoms with Gasteiger partial charge in [0.05, 0.1) is 11.4 Å². The Morgan fingerprint density at radius 2 is 1.96 bits per heavy atom. The van der Waals surface area contributed by atoms with E-state index in [4.69, 9.17) is 4.74 Å². The van der Waals surface area contributed by atoms with Crippen molar-refractivity contribution in [1.82, 2.24) is 9.78 Å². The van der Waals surface area contributed by atoms with Crippen LogP contribution in [0.5, 0.6) is 0 Å². The second-order valence-electron chi connectivity index (χ2n) is 5.43. The van der Waals surface area contributed by atoms with Gasteiger partial charge in [-0.15, -0.1) is 5.11 Å². The van der Waals surface area contributed by atoms with E-state index < -0.39 is 5.97 Å². The minimum Gasteiger partial charge on any atom is -0.476 e. The van der Waals surface area contributed by atoms with Gasteiger partial charge in [0.15, 0.2) is 5.69 Å². The van der Waals surface area contributed by atoms with E-state index in [9.17, 15) is 9.90 Å². The molecule has 3 rings (SSSR count). The van der Waals surface area contributed by atoms with Gasteiger partial charge in [-0.25, -0.2) is 4.79 Å². The maximum Gasteiger partial charge on any atom is 0.358 e. The first-order valence-electron chi connectivity index (χ1n) is 7.51. The maximum absolute atomic E-state index is 11.5. The molecule has 2 aromatic rings. The number of aromatic carboxylic acids is 1. The number of carboxylic acid groups (broad SMARTS) is 1. The van der Waals surface area contributed by atoms with Crippen LogP contribution < -0.4 is 0 Å². The molecule has 1 aromatic carbocycles. The van der Waals surface area contributed by atoms with Crippen LogP contribution in [-0.2, 0) is 11.8 Å². The lowest BCUT2D eigenvalue weighted by molar-refractivity contribution is 0.0690. The van der Waals surface area contributed by atoms with Crippen LogP contribution in [-0.4, -0.2) is 34.1 Å². The number of aryl methyl sites for hydroxylation is 1. The molecule has 1 aliphatic heterocycles. The molecule has 1 fully saturated rings. The quantitative estimate of drug-likeness (QED) is 0.875. The fraction of sp³-hybridized carbons (Fsp3) is 0.375. The van der Waals surface area contributed by atoms with Gasteiger partial charge in [-0.2, -0.15) is 10.2 Å². The molecule has 120 valence electrons. The number of nitrogens with zero attached hydrogens (tertiary/aromatic N) is 4. The van der Waals surface area contributed by atoms with E-state index in [2.05, 4.69) is 15.3 Å². The number of benzene rings is 1. The predicted molar refractivity (Wildman–Crippen MR) is 83.6 cm³/mol. The maximum atomic E-state index is 11.5. The van der Waals surface area contributed by atoms with Crippen LogP contribution in [0.1, 0.15) is 34.9 Å². The summed E-state index contributed by atoms with van der Waals surface area (Å²) in [5, 5.41) is 21.9. The number of hydrogen-bond donors (Lipinski definition) is 1. The first kappa shape index (κ1) is 15.4. The van der Waals surface area contributed by atoms with Gasteiger partial charge in [-0.3, -0.25) is 4.68 Å². The second-order valence-corrected chi connectivity index (χ2v) is 5.43. The molecule has 0 saturated carbocycles. The smallest absolute Gasteiger partial charge is 0.358 e. The van der Waals surface area contributed by atoms with Crippen molar-refractivity contribution < 1.29 is 14.6 Å². The lowest BCUT2D eigenvalue weighted by Crippen LogP contribution is -2.16. The van der Waals surface area contributed by atoms with Gasteiger partial charge in [0.25, 0.3) is 0 Å². The molecule has 0 radical (unpaired) electrons. The zero-order chi connectivity index (χ0) is 16.2. The Bertz CT molecular complexity index is 718. The Hall–Kier alpha value is -2.54. The van der Waals surface area contributed by atoms with Gasteiger partial charge in [-0.1, -0.05) is 18.2 Å². The summed E-state index contributed by atoms with van der Waals surface area (Å²) in [6.07, 6.45) is 1.65. The Labute approximate surface area is 133 Å². The molecular weight excluding hydrogens is 296 g/mol. The number of carbonyl (C=O) groups is 1. The van der Waals surface area contributed by atoms with Crippen molar-refractivity contribution in [3.05, 3.63) is 41.7 Å². The minimum atomic E-state index is -1.10. The molecule has 23 heavy (non-hydrogen) atoms. The van der Waals surface area contributed by atoms with Crippen LogP contribution in [0.25, 0.3) is 0 Å². The first-order valence-corrected chi connectivity index (χ1v) is 7.51. The second kappa shape index (κ2) is 6.70. The van der Waals surface area contributed by atoms with Crippen molar-refractivity contribution in [2.45, 2.75) is 18.8 Å². The molecule has 7 heteroatoms. The molecule has 0 bridgehead atoms. The van der Waals surface area contributed by atoms with Crippen LogP contribution in [0.4, 0.5) is 11.4 Å². The van der Waals surface area contributed by atoms with Crippen molar-refractivity contribution in [3.63, 3.8) is 0 Å². The van der Waals surface area contributed by atoms with Crippen molar-refractivity contribution in [3.8, 4) is 0 Å². The topological polar surface area (TPSA) is 89.1 Å². The summed E-state index contributed by atoms with van der Waals surface area (Å²) in [6, 6.07) is 9.23. The van der Waals surface area contributed by atoms with E-state index in [0.29, 0.717) is 24.6 Å². The van der Waals surface area contributed by atoms with Crippen molar-refractivity contribution in [2.24, 2.45) is 17.3 Å². The molecule has 0 aliphatic carbocycles. The fourth-order valence-corrected chi connectivity index (χ4v) is 2.80. The summed E-state index contributed by atoms with van der Waals surface area (Å²) >= 11 is 0. The normalized spacial score (nSPS) is 16.0. The predicted octanol–water partition coefficient (Wildman–Crippen LogP) is 3.43. The highest BCUT2D eigenvalue weighted by atomic mass is 16.5. The van der Waals surface area contributed by atoms with Crippen LogP contribution >= 0.6 is 0 Å². The van der Waals surface area contributed by atoms with Gasteiger partial charge >= 0.3 is 5.97 Å². The molecule has 1 aromatic heterocycles. The van der Waals surface area contributed by atoms with Gasteiger partial charge in [0.2, 0.25) is 0 Å². The standard InChI is InChI=1S/C16H18N4O3/c1-20-15(11-7-9-23-10-8-11)13(14(19-20)16(21)22)18-17-12-5-3-2-4-6-12/h2-6,11H,7-10H2,1H3,(H,21,22). The van der Waals surface area contributed by atoms with Crippen molar-refractivity contribution >= 4 is 17.3 Å². The number of hydrogen-bond acceptors (Lipinski definition) is 5. The lowest BCUT2D eigenvalue weighted by Gasteiger charge is -2.22. The lowest BCUT2D eigenvalue weighted by atomic mass is 9.95. The zero-order valence-electron chi connectivity index (χ0n) is 12.8. The van der Waals surface area contributed by atoms with E-state index in [-0.39, 0.29) is 11.6 Å². The Kier molecular flexibility index (Phi) is 4.47. The van der Waals surface area contributed by atoms with E-state index in [0.717, 1.165) is 18.5 Å². The SMILES string of the molecule is Cn1nc(C(=O)O)c(N=Nc2ccccc2)c1C1CCOCC1. The average Bonchev–Trinajstić information content (AvgIpc) is 2.91. The van der Waals surface area contributed by atoms with Crippen LogP contribution in [0.2, 0.25) is 0 Å². The van der Waals surface area contributed by atoms with E-state index >= 15 is 0 Å². The van der Waals surface area contributed by atoms with Crippen LogP contribution in [0.3, 0.4) is 0 Å².